The van der Waals surface area contributed by atoms with Gasteiger partial charge in [-0.25, -0.2) is 0 Å². The van der Waals surface area contributed by atoms with Gasteiger partial charge in [-0.1, -0.05) is 0 Å². The number of aliphatic hydroxyl groups is 1. The van der Waals surface area contributed by atoms with E-state index in [1.807, 2.05) is 13.8 Å². The topological polar surface area (TPSA) is 76.0 Å². The van der Waals surface area contributed by atoms with Gasteiger partial charge in [-0.05, 0) is 45.4 Å². The monoisotopic (exact) mass is 272 g/mol. The minimum atomic E-state index is -0.930. The molecule has 0 aromatic rings. The second-order valence-corrected chi connectivity index (χ2v) is 6.08. The van der Waals surface area contributed by atoms with Crippen LogP contribution in [0.25, 0.3) is 0 Å². The van der Waals surface area contributed by atoms with Gasteiger partial charge in [0, 0.05) is 6.61 Å². The summed E-state index contributed by atoms with van der Waals surface area (Å²) in [6.07, 6.45) is 1.84. The number of hydrogen-bond donors (Lipinski definition) is 2. The molecular weight excluding hydrogens is 248 g/mol. The van der Waals surface area contributed by atoms with Gasteiger partial charge in [-0.3, -0.25) is 4.79 Å². The maximum atomic E-state index is 11.7. The zero-order chi connectivity index (χ0) is 14.0. The van der Waals surface area contributed by atoms with Crippen LogP contribution in [0, 0.1) is 11.3 Å². The number of rotatable bonds is 7. The Morgan fingerprint density at radius 2 is 2.16 bits per heavy atom. The van der Waals surface area contributed by atoms with E-state index in [1.165, 1.54) is 0 Å². The fraction of sp³-hybridized carbons (Fsp3) is 0.929. The fourth-order valence-electron chi connectivity index (χ4n) is 2.97. The van der Waals surface area contributed by atoms with Crippen LogP contribution in [0.2, 0.25) is 0 Å². The van der Waals surface area contributed by atoms with Gasteiger partial charge in [-0.15, -0.1) is 0 Å². The van der Waals surface area contributed by atoms with Crippen LogP contribution in [0.5, 0.6) is 0 Å². The molecule has 2 N–H and O–H groups in total. The lowest BCUT2D eigenvalue weighted by molar-refractivity contribution is -0.157. The van der Waals surface area contributed by atoms with E-state index in [0.29, 0.717) is 18.9 Å². The summed E-state index contributed by atoms with van der Waals surface area (Å²) in [5.74, 6) is -0.484. The zero-order valence-electron chi connectivity index (χ0n) is 11.7. The summed E-state index contributed by atoms with van der Waals surface area (Å²) in [5.41, 5.74) is -0.930. The zero-order valence-corrected chi connectivity index (χ0v) is 11.7. The van der Waals surface area contributed by atoms with E-state index in [9.17, 15) is 15.0 Å². The van der Waals surface area contributed by atoms with Crippen LogP contribution in [-0.4, -0.2) is 47.7 Å². The Hall–Kier alpha value is -0.650. The molecule has 1 aliphatic heterocycles. The Balaban J connectivity index is 2.00. The van der Waals surface area contributed by atoms with E-state index < -0.39 is 17.5 Å². The van der Waals surface area contributed by atoms with Gasteiger partial charge < -0.3 is 19.7 Å². The highest BCUT2D eigenvalue weighted by Gasteiger charge is 2.56. The molecule has 3 atom stereocenters. The summed E-state index contributed by atoms with van der Waals surface area (Å²) < 4.78 is 11.0. The highest BCUT2D eigenvalue weighted by atomic mass is 16.5. The van der Waals surface area contributed by atoms with Crippen molar-refractivity contribution in [1.29, 1.82) is 0 Å². The molecule has 2 aliphatic rings. The number of aliphatic hydroxyl groups excluding tert-OH is 1. The Morgan fingerprint density at radius 3 is 2.68 bits per heavy atom. The summed E-state index contributed by atoms with van der Waals surface area (Å²) >= 11 is 0. The van der Waals surface area contributed by atoms with Crippen LogP contribution < -0.4 is 0 Å². The lowest BCUT2D eigenvalue weighted by atomic mass is 9.74. The number of carbonyl (C=O) groups is 1. The third-order valence-corrected chi connectivity index (χ3v) is 4.09. The smallest absolute Gasteiger partial charge is 0.312 e. The molecule has 1 saturated carbocycles. The molecule has 5 nitrogen and oxygen atoms in total. The van der Waals surface area contributed by atoms with Gasteiger partial charge in [0.1, 0.15) is 0 Å². The molecule has 19 heavy (non-hydrogen) atoms. The summed E-state index contributed by atoms with van der Waals surface area (Å²) in [4.78, 5) is 11.7. The molecule has 3 unspecified atom stereocenters. The molecule has 2 rings (SSSR count). The van der Waals surface area contributed by atoms with E-state index in [2.05, 4.69) is 0 Å². The first-order chi connectivity index (χ1) is 8.95. The predicted molar refractivity (Wildman–Crippen MR) is 68.9 cm³/mol. The summed E-state index contributed by atoms with van der Waals surface area (Å²) in [6.45, 7) is 4.45. The molecule has 0 aromatic carbocycles. The molecule has 2 fully saturated rings. The van der Waals surface area contributed by atoms with Crippen LogP contribution in [0.4, 0.5) is 0 Å². The Labute approximate surface area is 113 Å². The van der Waals surface area contributed by atoms with Crippen LogP contribution in [0.1, 0.15) is 39.5 Å². The van der Waals surface area contributed by atoms with Crippen molar-refractivity contribution in [2.24, 2.45) is 11.3 Å². The van der Waals surface area contributed by atoms with Gasteiger partial charge in [0.25, 0.3) is 0 Å². The van der Waals surface area contributed by atoms with Crippen molar-refractivity contribution < 1.29 is 24.5 Å². The van der Waals surface area contributed by atoms with Crippen molar-refractivity contribution in [3.05, 3.63) is 0 Å². The van der Waals surface area contributed by atoms with Crippen molar-refractivity contribution in [1.82, 2.24) is 0 Å². The number of hydrogen-bond acceptors (Lipinski definition) is 4. The van der Waals surface area contributed by atoms with Gasteiger partial charge in [0.05, 0.1) is 30.3 Å². The standard InChI is InChI=1S/C14H24O5/c1-9(2)19-8-11(15)7-14(13(16)17)5-6-18-12(14)10-3-4-10/h9-12,15H,3-8H2,1-2H3,(H,16,17). The molecule has 5 heteroatoms. The molecule has 0 aromatic heterocycles. The average molecular weight is 272 g/mol. The number of aliphatic carboxylic acids is 1. The quantitative estimate of drug-likeness (QED) is 0.733. The van der Waals surface area contributed by atoms with Gasteiger partial charge >= 0.3 is 5.97 Å². The van der Waals surface area contributed by atoms with Crippen molar-refractivity contribution in [2.45, 2.75) is 57.8 Å². The predicted octanol–water partition coefficient (Wildman–Crippen LogP) is 1.43. The van der Waals surface area contributed by atoms with Gasteiger partial charge in [0.15, 0.2) is 0 Å². The largest absolute Gasteiger partial charge is 0.481 e. The van der Waals surface area contributed by atoms with Crippen molar-refractivity contribution in [3.8, 4) is 0 Å². The van der Waals surface area contributed by atoms with Crippen molar-refractivity contribution in [3.63, 3.8) is 0 Å². The average Bonchev–Trinajstić information content (AvgIpc) is 3.08. The minimum absolute atomic E-state index is 0.0366. The lowest BCUT2D eigenvalue weighted by Gasteiger charge is -2.32. The Bertz CT molecular complexity index is 326. The van der Waals surface area contributed by atoms with E-state index in [0.717, 1.165) is 12.8 Å². The normalized spacial score (nSPS) is 32.7. The van der Waals surface area contributed by atoms with Crippen LogP contribution in [0.15, 0.2) is 0 Å². The maximum Gasteiger partial charge on any atom is 0.312 e. The first-order valence-electron chi connectivity index (χ1n) is 7.10. The SMILES string of the molecule is CC(C)OCC(O)CC1(C(=O)O)CCOC1C1CC1. The van der Waals surface area contributed by atoms with Gasteiger partial charge in [0.2, 0.25) is 0 Å². The van der Waals surface area contributed by atoms with E-state index >= 15 is 0 Å². The second-order valence-electron chi connectivity index (χ2n) is 6.08. The minimum Gasteiger partial charge on any atom is -0.481 e. The van der Waals surface area contributed by atoms with Gasteiger partial charge in [-0.2, -0.15) is 0 Å². The second kappa shape index (κ2) is 5.77. The van der Waals surface area contributed by atoms with Crippen molar-refractivity contribution >= 4 is 5.97 Å². The molecule has 1 heterocycles. The lowest BCUT2D eigenvalue weighted by Crippen LogP contribution is -2.43. The Kier molecular flexibility index (Phi) is 4.48. The number of ether oxygens (including phenoxy) is 2. The maximum absolute atomic E-state index is 11.7. The molecule has 1 aliphatic carbocycles. The molecule has 0 spiro atoms. The van der Waals surface area contributed by atoms with Crippen LogP contribution >= 0.6 is 0 Å². The van der Waals surface area contributed by atoms with Crippen LogP contribution in [0.3, 0.4) is 0 Å². The van der Waals surface area contributed by atoms with Crippen LogP contribution in [-0.2, 0) is 14.3 Å². The molecule has 1 saturated heterocycles. The number of carboxylic acids is 1. The van der Waals surface area contributed by atoms with E-state index in [1.54, 1.807) is 0 Å². The highest BCUT2D eigenvalue weighted by Crippen LogP contribution is 2.50. The summed E-state index contributed by atoms with van der Waals surface area (Å²) in [5, 5.41) is 19.7. The molecule has 110 valence electrons. The third-order valence-electron chi connectivity index (χ3n) is 4.09. The molecule has 0 bridgehead atoms. The molecular formula is C14H24O5. The van der Waals surface area contributed by atoms with E-state index in [4.69, 9.17) is 9.47 Å². The van der Waals surface area contributed by atoms with E-state index in [-0.39, 0.29) is 25.2 Å². The summed E-state index contributed by atoms with van der Waals surface area (Å²) in [7, 11) is 0. The number of carboxylic acid groups (broad SMARTS) is 1. The third kappa shape index (κ3) is 3.27. The first kappa shape index (κ1) is 14.8. The first-order valence-corrected chi connectivity index (χ1v) is 7.10. The van der Waals surface area contributed by atoms with Crippen molar-refractivity contribution in [2.75, 3.05) is 13.2 Å². The summed E-state index contributed by atoms with van der Waals surface area (Å²) in [6, 6.07) is 0. The molecule has 0 radical (unpaired) electrons. The fourth-order valence-corrected chi connectivity index (χ4v) is 2.97. The Morgan fingerprint density at radius 1 is 1.47 bits per heavy atom. The molecule has 0 amide bonds. The highest BCUT2D eigenvalue weighted by molar-refractivity contribution is 5.76.